The fraction of sp³-hybridized carbons (Fsp3) is 0.538. The highest BCUT2D eigenvalue weighted by Gasteiger charge is 2.17. The third-order valence-corrected chi connectivity index (χ3v) is 5.26. The summed E-state index contributed by atoms with van der Waals surface area (Å²) in [6, 6.07) is 3.41. The molecular formula is C13H19ClFN2O2S+. The largest absolute Gasteiger partial charge is 0.335 e. The fourth-order valence-electron chi connectivity index (χ4n) is 2.40. The van der Waals surface area contributed by atoms with Crippen LogP contribution in [0.15, 0.2) is 23.1 Å². The quantitative estimate of drug-likeness (QED) is 0.762. The zero-order valence-corrected chi connectivity index (χ0v) is 12.7. The molecule has 0 unspecified atom stereocenters. The summed E-state index contributed by atoms with van der Waals surface area (Å²) in [5.74, 6) is -0.622. The second-order valence-electron chi connectivity index (χ2n) is 5.03. The Labute approximate surface area is 124 Å². The summed E-state index contributed by atoms with van der Waals surface area (Å²) in [5.41, 5.74) is 0. The lowest BCUT2D eigenvalue weighted by atomic mass is 10.3. The van der Waals surface area contributed by atoms with Gasteiger partial charge in [-0.05, 0) is 18.2 Å². The summed E-state index contributed by atoms with van der Waals surface area (Å²) in [4.78, 5) is 1.53. The van der Waals surface area contributed by atoms with Gasteiger partial charge in [-0.25, -0.2) is 17.5 Å². The van der Waals surface area contributed by atoms with Gasteiger partial charge in [-0.1, -0.05) is 11.6 Å². The van der Waals surface area contributed by atoms with Gasteiger partial charge in [0.1, 0.15) is 5.82 Å². The van der Waals surface area contributed by atoms with Gasteiger partial charge >= 0.3 is 0 Å². The smallest absolute Gasteiger partial charge is 0.240 e. The number of quaternary nitrogens is 1. The third kappa shape index (κ3) is 4.15. The Balaban J connectivity index is 1.85. The molecular weight excluding hydrogens is 303 g/mol. The molecule has 1 aromatic rings. The van der Waals surface area contributed by atoms with Crippen LogP contribution in [0.1, 0.15) is 19.3 Å². The number of hydrogen-bond donors (Lipinski definition) is 2. The summed E-state index contributed by atoms with van der Waals surface area (Å²) in [6.45, 7) is 3.73. The van der Waals surface area contributed by atoms with E-state index in [0.717, 1.165) is 25.1 Å². The Morgan fingerprint density at radius 2 is 2.00 bits per heavy atom. The van der Waals surface area contributed by atoms with Crippen molar-refractivity contribution >= 4 is 21.6 Å². The van der Waals surface area contributed by atoms with E-state index in [-0.39, 0.29) is 9.92 Å². The van der Waals surface area contributed by atoms with Crippen molar-refractivity contribution in [3.8, 4) is 0 Å². The summed E-state index contributed by atoms with van der Waals surface area (Å²) in [7, 11) is -3.61. The van der Waals surface area contributed by atoms with Crippen molar-refractivity contribution in [2.24, 2.45) is 0 Å². The minimum absolute atomic E-state index is 0.00239. The third-order valence-electron chi connectivity index (χ3n) is 3.51. The molecule has 0 atom stereocenters. The van der Waals surface area contributed by atoms with Crippen molar-refractivity contribution in [3.63, 3.8) is 0 Å². The number of sulfonamides is 1. The minimum atomic E-state index is -3.61. The number of halogens is 2. The van der Waals surface area contributed by atoms with Crippen LogP contribution in [0.5, 0.6) is 0 Å². The van der Waals surface area contributed by atoms with Crippen LogP contribution in [0.2, 0.25) is 5.02 Å². The van der Waals surface area contributed by atoms with E-state index >= 15 is 0 Å². The van der Waals surface area contributed by atoms with Gasteiger partial charge in [0.25, 0.3) is 0 Å². The maximum absolute atomic E-state index is 13.0. The molecule has 0 amide bonds. The molecule has 1 aromatic carbocycles. The van der Waals surface area contributed by atoms with Crippen LogP contribution in [-0.4, -0.2) is 34.6 Å². The van der Waals surface area contributed by atoms with Gasteiger partial charge in [-0.3, -0.25) is 0 Å². The van der Waals surface area contributed by atoms with Gasteiger partial charge in [0, 0.05) is 25.8 Å². The Morgan fingerprint density at radius 1 is 1.30 bits per heavy atom. The van der Waals surface area contributed by atoms with E-state index in [1.54, 1.807) is 0 Å². The predicted molar refractivity (Wildman–Crippen MR) is 76.0 cm³/mol. The highest BCUT2D eigenvalue weighted by molar-refractivity contribution is 7.89. The molecule has 1 aliphatic heterocycles. The van der Waals surface area contributed by atoms with Crippen LogP contribution in [0.25, 0.3) is 0 Å². The van der Waals surface area contributed by atoms with Crippen LogP contribution < -0.4 is 9.62 Å². The van der Waals surface area contributed by atoms with Crippen molar-refractivity contribution in [2.75, 3.05) is 26.2 Å². The molecule has 4 nitrogen and oxygen atoms in total. The maximum Gasteiger partial charge on any atom is 0.240 e. The molecule has 20 heavy (non-hydrogen) atoms. The molecule has 112 valence electrons. The van der Waals surface area contributed by atoms with Crippen molar-refractivity contribution in [2.45, 2.75) is 24.2 Å². The molecule has 0 aromatic heterocycles. The van der Waals surface area contributed by atoms with E-state index in [0.29, 0.717) is 6.54 Å². The van der Waals surface area contributed by atoms with E-state index < -0.39 is 15.8 Å². The van der Waals surface area contributed by atoms with Gasteiger partial charge in [0.2, 0.25) is 10.0 Å². The fourth-order valence-corrected chi connectivity index (χ4v) is 3.74. The molecule has 0 spiro atoms. The molecule has 2 N–H and O–H groups in total. The first-order chi connectivity index (χ1) is 9.49. The first-order valence-corrected chi connectivity index (χ1v) is 8.63. The van der Waals surface area contributed by atoms with Crippen LogP contribution >= 0.6 is 11.6 Å². The normalized spacial score (nSPS) is 16.7. The monoisotopic (exact) mass is 321 g/mol. The number of benzene rings is 1. The Bertz CT molecular complexity index is 559. The molecule has 0 bridgehead atoms. The van der Waals surface area contributed by atoms with Crippen molar-refractivity contribution < 1.29 is 17.7 Å². The summed E-state index contributed by atoms with van der Waals surface area (Å²) >= 11 is 5.60. The van der Waals surface area contributed by atoms with Gasteiger partial charge in [0.15, 0.2) is 0 Å². The Morgan fingerprint density at radius 3 is 2.65 bits per heavy atom. The molecule has 7 heteroatoms. The van der Waals surface area contributed by atoms with E-state index in [4.69, 9.17) is 11.6 Å². The first kappa shape index (κ1) is 15.7. The van der Waals surface area contributed by atoms with Crippen molar-refractivity contribution in [1.82, 2.24) is 4.72 Å². The molecule has 1 aliphatic rings. The standard InChI is InChI=1S/C13H18ClFN2O2S/c14-12-10-11(4-5-13(12)15)20(18,19)16-6-3-9-17-7-1-2-8-17/h4-5,10,16H,1-3,6-9H2/p+1. The van der Waals surface area contributed by atoms with Crippen LogP contribution in [0.3, 0.4) is 0 Å². The number of nitrogens with one attached hydrogen (secondary N) is 2. The highest BCUT2D eigenvalue weighted by atomic mass is 35.5. The second kappa shape index (κ2) is 6.85. The maximum atomic E-state index is 13.0. The van der Waals surface area contributed by atoms with Crippen LogP contribution in [0.4, 0.5) is 4.39 Å². The average molecular weight is 322 g/mol. The number of hydrogen-bond acceptors (Lipinski definition) is 2. The zero-order valence-electron chi connectivity index (χ0n) is 11.2. The lowest BCUT2D eigenvalue weighted by Crippen LogP contribution is -3.10. The Kier molecular flexibility index (Phi) is 5.37. The molecule has 0 saturated carbocycles. The Hall–Kier alpha value is -0.690. The molecule has 1 heterocycles. The zero-order chi connectivity index (χ0) is 14.6. The number of likely N-dealkylation sites (tertiary alicyclic amines) is 1. The molecule has 1 fully saturated rings. The average Bonchev–Trinajstić information content (AvgIpc) is 2.91. The predicted octanol–water partition coefficient (Wildman–Crippen LogP) is 0.826. The van der Waals surface area contributed by atoms with Crippen molar-refractivity contribution in [1.29, 1.82) is 0 Å². The van der Waals surface area contributed by atoms with Crippen molar-refractivity contribution in [3.05, 3.63) is 29.0 Å². The summed E-state index contributed by atoms with van der Waals surface area (Å²) < 4.78 is 39.5. The topological polar surface area (TPSA) is 50.6 Å². The molecule has 1 saturated heterocycles. The van der Waals surface area contributed by atoms with E-state index in [1.165, 1.54) is 36.9 Å². The molecule has 2 rings (SSSR count). The SMILES string of the molecule is O=S(=O)(NCCC[NH+]1CCCC1)c1ccc(F)c(Cl)c1. The van der Waals surface area contributed by atoms with Gasteiger partial charge in [0.05, 0.1) is 29.6 Å². The molecule has 0 radical (unpaired) electrons. The molecule has 0 aliphatic carbocycles. The summed E-state index contributed by atoms with van der Waals surface area (Å²) in [5, 5.41) is -0.186. The lowest BCUT2D eigenvalue weighted by molar-refractivity contribution is -0.887. The highest BCUT2D eigenvalue weighted by Crippen LogP contribution is 2.19. The van der Waals surface area contributed by atoms with Crippen LogP contribution in [0, 0.1) is 5.82 Å². The van der Waals surface area contributed by atoms with Gasteiger partial charge in [-0.15, -0.1) is 0 Å². The second-order valence-corrected chi connectivity index (χ2v) is 7.21. The van der Waals surface area contributed by atoms with Crippen LogP contribution in [-0.2, 0) is 10.0 Å². The number of rotatable bonds is 6. The minimum Gasteiger partial charge on any atom is -0.335 e. The van der Waals surface area contributed by atoms with E-state index in [1.807, 2.05) is 0 Å². The van der Waals surface area contributed by atoms with E-state index in [2.05, 4.69) is 4.72 Å². The summed E-state index contributed by atoms with van der Waals surface area (Å²) in [6.07, 6.45) is 3.31. The van der Waals surface area contributed by atoms with Gasteiger partial charge in [-0.2, -0.15) is 0 Å². The van der Waals surface area contributed by atoms with Gasteiger partial charge < -0.3 is 4.90 Å². The first-order valence-electron chi connectivity index (χ1n) is 6.77. The van der Waals surface area contributed by atoms with E-state index in [9.17, 15) is 12.8 Å². The lowest BCUT2D eigenvalue weighted by Gasteiger charge is -2.12.